The summed E-state index contributed by atoms with van der Waals surface area (Å²) < 4.78 is 5.18. The third-order valence-corrected chi connectivity index (χ3v) is 3.40. The number of benzene rings is 1. The Bertz CT molecular complexity index is 534. The lowest BCUT2D eigenvalue weighted by Crippen LogP contribution is -2.58. The molecule has 7 nitrogen and oxygen atoms in total. The Labute approximate surface area is 123 Å². The number of rotatable bonds is 6. The Morgan fingerprint density at radius 2 is 1.90 bits per heavy atom. The van der Waals surface area contributed by atoms with Crippen molar-refractivity contribution in [3.8, 4) is 5.75 Å². The summed E-state index contributed by atoms with van der Waals surface area (Å²) in [6, 6.07) is 5.82. The number of hydrogen-bond donors (Lipinski definition) is 2. The van der Waals surface area contributed by atoms with Crippen molar-refractivity contribution in [2.75, 3.05) is 6.61 Å². The van der Waals surface area contributed by atoms with Crippen molar-refractivity contribution < 1.29 is 19.6 Å². The highest BCUT2D eigenvalue weighted by molar-refractivity contribution is 5.78. The summed E-state index contributed by atoms with van der Waals surface area (Å²) in [6.45, 7) is 6.14. The molecule has 1 aromatic carbocycles. The second-order valence-electron chi connectivity index (χ2n) is 5.75. The number of ether oxygens (including phenoxy) is 1. The molecule has 21 heavy (non-hydrogen) atoms. The Hall–Kier alpha value is -2.15. The Kier molecular flexibility index (Phi) is 4.90. The van der Waals surface area contributed by atoms with Crippen molar-refractivity contribution in [3.63, 3.8) is 0 Å². The third-order valence-electron chi connectivity index (χ3n) is 3.40. The largest absolute Gasteiger partial charge is 0.477 e. The van der Waals surface area contributed by atoms with Crippen LogP contribution in [-0.2, 0) is 4.79 Å². The van der Waals surface area contributed by atoms with Gasteiger partial charge in [0.15, 0.2) is 12.4 Å². The quantitative estimate of drug-likeness (QED) is 0.613. The summed E-state index contributed by atoms with van der Waals surface area (Å²) in [5.41, 5.74) is -2.19. The Morgan fingerprint density at radius 1 is 1.33 bits per heavy atom. The van der Waals surface area contributed by atoms with E-state index in [1.807, 2.05) is 0 Å². The van der Waals surface area contributed by atoms with Crippen LogP contribution in [0.1, 0.15) is 27.7 Å². The average molecular weight is 296 g/mol. The van der Waals surface area contributed by atoms with Crippen LogP contribution in [0.15, 0.2) is 24.3 Å². The molecule has 0 radical (unpaired) electrons. The molecule has 0 saturated heterocycles. The van der Waals surface area contributed by atoms with Crippen molar-refractivity contribution in [1.82, 2.24) is 5.32 Å². The van der Waals surface area contributed by atoms with Crippen LogP contribution in [0.2, 0.25) is 0 Å². The number of aliphatic hydroxyl groups is 1. The minimum absolute atomic E-state index is 0.0266. The van der Waals surface area contributed by atoms with Gasteiger partial charge in [0.05, 0.1) is 16.1 Å². The smallest absolute Gasteiger partial charge is 0.310 e. The molecule has 7 heteroatoms. The molecular weight excluding hydrogens is 276 g/mol. The molecule has 1 amide bonds. The van der Waals surface area contributed by atoms with Gasteiger partial charge in [-0.1, -0.05) is 12.1 Å². The van der Waals surface area contributed by atoms with Crippen molar-refractivity contribution in [3.05, 3.63) is 34.4 Å². The van der Waals surface area contributed by atoms with Crippen LogP contribution in [0.5, 0.6) is 5.75 Å². The van der Waals surface area contributed by atoms with Gasteiger partial charge < -0.3 is 15.2 Å². The van der Waals surface area contributed by atoms with E-state index in [1.165, 1.54) is 18.2 Å². The van der Waals surface area contributed by atoms with E-state index >= 15 is 0 Å². The number of carbonyl (C=O) groups is 1. The van der Waals surface area contributed by atoms with E-state index in [4.69, 9.17) is 4.74 Å². The fourth-order valence-electron chi connectivity index (χ4n) is 1.41. The molecular formula is C14H20N2O5. The highest BCUT2D eigenvalue weighted by atomic mass is 16.6. The Morgan fingerprint density at radius 3 is 2.43 bits per heavy atom. The van der Waals surface area contributed by atoms with E-state index in [9.17, 15) is 20.0 Å². The molecule has 0 aromatic heterocycles. The highest BCUT2D eigenvalue weighted by Crippen LogP contribution is 2.26. The lowest BCUT2D eigenvalue weighted by molar-refractivity contribution is -0.385. The first kappa shape index (κ1) is 16.9. The molecule has 0 heterocycles. The summed E-state index contributed by atoms with van der Waals surface area (Å²) >= 11 is 0. The summed E-state index contributed by atoms with van der Waals surface area (Å²) in [6.07, 6.45) is 0. The SMILES string of the molecule is CC(C)(O)C(C)(C)NC(=O)COc1ccccc1[N+](=O)[O-]. The molecule has 0 aliphatic carbocycles. The van der Waals surface area contributed by atoms with Gasteiger partial charge in [0.1, 0.15) is 0 Å². The Balaban J connectivity index is 2.69. The van der Waals surface area contributed by atoms with Gasteiger partial charge in [0.25, 0.3) is 5.91 Å². The monoisotopic (exact) mass is 296 g/mol. The predicted molar refractivity (Wildman–Crippen MR) is 77.1 cm³/mol. The molecule has 0 aliphatic heterocycles. The van der Waals surface area contributed by atoms with Crippen LogP contribution in [0.25, 0.3) is 0 Å². The molecule has 0 saturated carbocycles. The first-order chi connectivity index (χ1) is 9.54. The second-order valence-corrected chi connectivity index (χ2v) is 5.75. The number of nitrogens with zero attached hydrogens (tertiary/aromatic N) is 1. The van der Waals surface area contributed by atoms with Crippen LogP contribution < -0.4 is 10.1 Å². The summed E-state index contributed by atoms with van der Waals surface area (Å²) in [4.78, 5) is 22.1. The van der Waals surface area contributed by atoms with E-state index in [0.717, 1.165) is 0 Å². The molecule has 116 valence electrons. The maximum atomic E-state index is 11.8. The zero-order valence-corrected chi connectivity index (χ0v) is 12.5. The zero-order valence-electron chi connectivity index (χ0n) is 12.5. The summed E-state index contributed by atoms with van der Waals surface area (Å²) in [5, 5.41) is 23.4. The topological polar surface area (TPSA) is 102 Å². The first-order valence-electron chi connectivity index (χ1n) is 6.44. The highest BCUT2D eigenvalue weighted by Gasteiger charge is 2.36. The number of carbonyl (C=O) groups excluding carboxylic acids is 1. The summed E-state index contributed by atoms with van der Waals surface area (Å²) in [5.74, 6) is -0.445. The number of nitro groups is 1. The lowest BCUT2D eigenvalue weighted by Gasteiger charge is -2.37. The van der Waals surface area contributed by atoms with E-state index in [-0.39, 0.29) is 18.0 Å². The summed E-state index contributed by atoms with van der Waals surface area (Å²) in [7, 11) is 0. The third kappa shape index (κ3) is 4.42. The van der Waals surface area contributed by atoms with E-state index in [0.29, 0.717) is 0 Å². The normalized spacial score (nSPS) is 11.9. The number of nitro benzene ring substituents is 1. The van der Waals surface area contributed by atoms with Gasteiger partial charge in [-0.25, -0.2) is 0 Å². The zero-order chi connectivity index (χ0) is 16.3. The fourth-order valence-corrected chi connectivity index (χ4v) is 1.41. The predicted octanol–water partition coefficient (Wildman–Crippen LogP) is 1.64. The fraction of sp³-hybridized carbons (Fsp3) is 0.500. The molecule has 1 rings (SSSR count). The van der Waals surface area contributed by atoms with Gasteiger partial charge in [-0.05, 0) is 33.8 Å². The van der Waals surface area contributed by atoms with Crippen LogP contribution in [-0.4, -0.2) is 33.7 Å². The molecule has 0 bridgehead atoms. The molecule has 0 spiro atoms. The number of hydrogen-bond acceptors (Lipinski definition) is 5. The van der Waals surface area contributed by atoms with Crippen molar-refractivity contribution in [2.24, 2.45) is 0 Å². The van der Waals surface area contributed by atoms with Gasteiger partial charge in [-0.2, -0.15) is 0 Å². The van der Waals surface area contributed by atoms with Crippen molar-refractivity contribution >= 4 is 11.6 Å². The van der Waals surface area contributed by atoms with Crippen LogP contribution in [0.4, 0.5) is 5.69 Å². The maximum Gasteiger partial charge on any atom is 0.310 e. The lowest BCUT2D eigenvalue weighted by atomic mass is 9.86. The van der Waals surface area contributed by atoms with Gasteiger partial charge >= 0.3 is 5.69 Å². The van der Waals surface area contributed by atoms with E-state index < -0.39 is 22.0 Å². The van der Waals surface area contributed by atoms with Gasteiger partial charge in [-0.15, -0.1) is 0 Å². The molecule has 0 atom stereocenters. The molecule has 0 fully saturated rings. The molecule has 1 aromatic rings. The van der Waals surface area contributed by atoms with Crippen LogP contribution in [0.3, 0.4) is 0 Å². The van der Waals surface area contributed by atoms with Gasteiger partial charge in [-0.3, -0.25) is 14.9 Å². The van der Waals surface area contributed by atoms with Gasteiger partial charge in [0.2, 0.25) is 0 Å². The second kappa shape index (κ2) is 6.09. The van der Waals surface area contributed by atoms with Crippen LogP contribution in [0, 0.1) is 10.1 Å². The minimum Gasteiger partial charge on any atom is -0.477 e. The van der Waals surface area contributed by atoms with Crippen LogP contribution >= 0.6 is 0 Å². The van der Waals surface area contributed by atoms with Crippen molar-refractivity contribution in [1.29, 1.82) is 0 Å². The molecule has 2 N–H and O–H groups in total. The molecule has 0 unspecified atom stereocenters. The maximum absolute atomic E-state index is 11.8. The number of para-hydroxylation sites is 2. The number of nitrogens with one attached hydrogen (secondary N) is 1. The first-order valence-corrected chi connectivity index (χ1v) is 6.44. The number of amides is 1. The standard InChI is InChI=1S/C14H20N2O5/c1-13(2,14(3,4)18)15-12(17)9-21-11-8-6-5-7-10(11)16(19)20/h5-8,18H,9H2,1-4H3,(H,15,17). The minimum atomic E-state index is -1.12. The average Bonchev–Trinajstić information content (AvgIpc) is 2.34. The van der Waals surface area contributed by atoms with Crippen molar-refractivity contribution in [2.45, 2.75) is 38.8 Å². The van der Waals surface area contributed by atoms with E-state index in [1.54, 1.807) is 33.8 Å². The molecule has 0 aliphatic rings. The van der Waals surface area contributed by atoms with E-state index in [2.05, 4.69) is 5.32 Å². The van der Waals surface area contributed by atoms with Gasteiger partial charge in [0, 0.05) is 6.07 Å².